The molecule has 0 amide bonds. The zero-order chi connectivity index (χ0) is 14.6. The maximum Gasteiger partial charge on any atom is 0.303 e. The molecule has 108 valence electrons. The van der Waals surface area contributed by atoms with Crippen LogP contribution in [0.2, 0.25) is 0 Å². The van der Waals surface area contributed by atoms with Gasteiger partial charge in [-0.3, -0.25) is 14.4 Å². The lowest BCUT2D eigenvalue weighted by molar-refractivity contribution is -0.212. The first-order valence-corrected chi connectivity index (χ1v) is 6.50. The molecule has 4 atom stereocenters. The molecule has 1 aliphatic rings. The van der Waals surface area contributed by atoms with Crippen LogP contribution in [0.5, 0.6) is 0 Å². The zero-order valence-corrected chi connectivity index (χ0v) is 12.3. The van der Waals surface area contributed by atoms with Gasteiger partial charge in [0.25, 0.3) is 0 Å². The van der Waals surface area contributed by atoms with Gasteiger partial charge in [0, 0.05) is 20.8 Å². The maximum absolute atomic E-state index is 11.1. The van der Waals surface area contributed by atoms with Gasteiger partial charge in [-0.1, -0.05) is 15.9 Å². The Morgan fingerprint density at radius 3 is 1.89 bits per heavy atom. The third kappa shape index (κ3) is 4.79. The Kier molecular flexibility index (Phi) is 5.74. The minimum Gasteiger partial charge on any atom is -0.456 e. The van der Waals surface area contributed by atoms with Gasteiger partial charge in [0.1, 0.15) is 0 Å². The molecule has 7 nitrogen and oxygen atoms in total. The summed E-state index contributed by atoms with van der Waals surface area (Å²) in [6, 6.07) is 0. The standard InChI is InChI=1S/C11H15BrO7/c1-5(13)17-8-4-16-11(12)10(19-7(3)15)9(8)18-6(2)14/h8-11H,4H2,1-3H3/t8-,9-,10+,11+/m0/s1. The highest BCUT2D eigenvalue weighted by molar-refractivity contribution is 9.09. The lowest BCUT2D eigenvalue weighted by Gasteiger charge is -2.38. The summed E-state index contributed by atoms with van der Waals surface area (Å²) in [5, 5.41) is -0.646. The molecule has 19 heavy (non-hydrogen) atoms. The monoisotopic (exact) mass is 338 g/mol. The number of esters is 3. The summed E-state index contributed by atoms with van der Waals surface area (Å²) in [7, 11) is 0. The minimum atomic E-state index is -0.913. The van der Waals surface area contributed by atoms with Crippen LogP contribution >= 0.6 is 15.9 Å². The van der Waals surface area contributed by atoms with Crippen LogP contribution in [-0.4, -0.2) is 47.8 Å². The lowest BCUT2D eigenvalue weighted by atomic mass is 10.1. The molecule has 0 unspecified atom stereocenters. The predicted octanol–water partition coefficient (Wildman–Crippen LogP) is 0.533. The number of carbonyl (C=O) groups excluding carboxylic acids is 3. The largest absolute Gasteiger partial charge is 0.456 e. The van der Waals surface area contributed by atoms with E-state index >= 15 is 0 Å². The van der Waals surface area contributed by atoms with E-state index in [-0.39, 0.29) is 6.61 Å². The van der Waals surface area contributed by atoms with Gasteiger partial charge < -0.3 is 18.9 Å². The first kappa shape index (κ1) is 15.9. The van der Waals surface area contributed by atoms with E-state index in [1.54, 1.807) is 0 Å². The Bertz CT molecular complexity index is 370. The minimum absolute atomic E-state index is 0.0329. The topological polar surface area (TPSA) is 88.1 Å². The second kappa shape index (κ2) is 6.85. The molecule has 1 heterocycles. The van der Waals surface area contributed by atoms with Crippen LogP contribution in [0.1, 0.15) is 20.8 Å². The van der Waals surface area contributed by atoms with Gasteiger partial charge in [0.2, 0.25) is 0 Å². The van der Waals surface area contributed by atoms with Gasteiger partial charge >= 0.3 is 17.9 Å². The smallest absolute Gasteiger partial charge is 0.303 e. The second-order valence-electron chi connectivity index (χ2n) is 3.98. The van der Waals surface area contributed by atoms with Gasteiger partial charge in [0.15, 0.2) is 23.3 Å². The first-order valence-electron chi connectivity index (χ1n) is 5.58. The number of carbonyl (C=O) groups is 3. The van der Waals surface area contributed by atoms with Crippen molar-refractivity contribution in [1.29, 1.82) is 0 Å². The third-order valence-corrected chi connectivity index (χ3v) is 3.08. The van der Waals surface area contributed by atoms with Crippen LogP contribution in [0.25, 0.3) is 0 Å². The van der Waals surface area contributed by atoms with Crippen LogP contribution in [-0.2, 0) is 33.3 Å². The van der Waals surface area contributed by atoms with Crippen molar-refractivity contribution in [2.24, 2.45) is 0 Å². The van der Waals surface area contributed by atoms with E-state index in [0.29, 0.717) is 0 Å². The molecule has 0 spiro atoms. The van der Waals surface area contributed by atoms with Crippen LogP contribution in [0, 0.1) is 0 Å². The Labute approximate surface area is 118 Å². The molecule has 0 aliphatic carbocycles. The molecule has 0 radical (unpaired) electrons. The van der Waals surface area contributed by atoms with Crippen LogP contribution in [0.4, 0.5) is 0 Å². The van der Waals surface area contributed by atoms with Gasteiger partial charge in [-0.05, 0) is 0 Å². The molecule has 0 bridgehead atoms. The van der Waals surface area contributed by atoms with Crippen molar-refractivity contribution >= 4 is 33.8 Å². The van der Waals surface area contributed by atoms with Gasteiger partial charge in [0.05, 0.1) is 6.61 Å². The average molecular weight is 339 g/mol. The van der Waals surface area contributed by atoms with Crippen molar-refractivity contribution in [2.75, 3.05) is 6.61 Å². The number of alkyl halides is 1. The van der Waals surface area contributed by atoms with Crippen molar-refractivity contribution in [2.45, 2.75) is 44.1 Å². The summed E-state index contributed by atoms with van der Waals surface area (Å²) < 4.78 is 20.4. The fourth-order valence-corrected chi connectivity index (χ4v) is 2.26. The van der Waals surface area contributed by atoms with E-state index in [2.05, 4.69) is 15.9 Å². The molecular formula is C11H15BrO7. The quantitative estimate of drug-likeness (QED) is 0.421. The molecule has 0 saturated carbocycles. The van der Waals surface area contributed by atoms with Crippen LogP contribution in [0.3, 0.4) is 0 Å². The van der Waals surface area contributed by atoms with Crippen molar-refractivity contribution in [3.05, 3.63) is 0 Å². The summed E-state index contributed by atoms with van der Waals surface area (Å²) >= 11 is 3.18. The molecule has 0 N–H and O–H groups in total. The average Bonchev–Trinajstić information content (AvgIpc) is 2.25. The lowest BCUT2D eigenvalue weighted by Crippen LogP contribution is -2.55. The van der Waals surface area contributed by atoms with Crippen molar-refractivity contribution < 1.29 is 33.3 Å². The SMILES string of the molecule is CC(=O)O[C@@H]1[C@@H](OC(C)=O)[C@@H](OC(C)=O)CO[C@H]1Br. The molecule has 1 rings (SSSR count). The normalized spacial score (nSPS) is 30.3. The predicted molar refractivity (Wildman–Crippen MR) is 65.3 cm³/mol. The summed E-state index contributed by atoms with van der Waals surface area (Å²) in [5.41, 5.74) is 0. The number of hydrogen-bond acceptors (Lipinski definition) is 7. The first-order chi connectivity index (χ1) is 8.81. The number of hydrogen-bond donors (Lipinski definition) is 0. The Morgan fingerprint density at radius 1 is 0.947 bits per heavy atom. The van der Waals surface area contributed by atoms with E-state index in [4.69, 9.17) is 18.9 Å². The van der Waals surface area contributed by atoms with Crippen molar-refractivity contribution in [3.63, 3.8) is 0 Å². The maximum atomic E-state index is 11.1. The molecule has 0 aromatic heterocycles. The molecule has 8 heteroatoms. The van der Waals surface area contributed by atoms with Crippen molar-refractivity contribution in [3.8, 4) is 0 Å². The number of halogens is 1. The molecule has 1 saturated heterocycles. The van der Waals surface area contributed by atoms with Crippen LogP contribution < -0.4 is 0 Å². The van der Waals surface area contributed by atoms with E-state index in [1.807, 2.05) is 0 Å². The Hall–Kier alpha value is -1.15. The van der Waals surface area contributed by atoms with Gasteiger partial charge in [-0.2, -0.15) is 0 Å². The van der Waals surface area contributed by atoms with Crippen molar-refractivity contribution in [1.82, 2.24) is 0 Å². The summed E-state index contributed by atoms with van der Waals surface area (Å²) in [6.45, 7) is 3.70. The fourth-order valence-electron chi connectivity index (χ4n) is 1.70. The molecule has 0 aromatic carbocycles. The highest BCUT2D eigenvalue weighted by Crippen LogP contribution is 2.27. The highest BCUT2D eigenvalue weighted by atomic mass is 79.9. The van der Waals surface area contributed by atoms with E-state index < -0.39 is 41.2 Å². The van der Waals surface area contributed by atoms with Gasteiger partial charge in [-0.15, -0.1) is 0 Å². The summed E-state index contributed by atoms with van der Waals surface area (Å²) in [4.78, 5) is 33.2. The third-order valence-electron chi connectivity index (χ3n) is 2.29. The fraction of sp³-hybridized carbons (Fsp3) is 0.727. The van der Waals surface area contributed by atoms with E-state index in [1.165, 1.54) is 20.8 Å². The molecule has 0 aromatic rings. The number of ether oxygens (including phenoxy) is 4. The second-order valence-corrected chi connectivity index (χ2v) is 4.88. The van der Waals surface area contributed by atoms with Gasteiger partial charge in [-0.25, -0.2) is 0 Å². The molecule has 1 fully saturated rings. The number of rotatable bonds is 3. The summed E-state index contributed by atoms with van der Waals surface area (Å²) in [5.74, 6) is -1.67. The Morgan fingerprint density at radius 2 is 1.42 bits per heavy atom. The zero-order valence-electron chi connectivity index (χ0n) is 10.8. The molecule has 1 aliphatic heterocycles. The van der Waals surface area contributed by atoms with Crippen LogP contribution in [0.15, 0.2) is 0 Å². The summed E-state index contributed by atoms with van der Waals surface area (Å²) in [6.07, 6.45) is -2.62. The van der Waals surface area contributed by atoms with E-state index in [9.17, 15) is 14.4 Å². The Balaban J connectivity index is 2.89. The highest BCUT2D eigenvalue weighted by Gasteiger charge is 2.45. The van der Waals surface area contributed by atoms with E-state index in [0.717, 1.165) is 0 Å². The molecular weight excluding hydrogens is 324 g/mol.